The topological polar surface area (TPSA) is 52.3 Å². The van der Waals surface area contributed by atoms with E-state index in [1.54, 1.807) is 6.92 Å². The Morgan fingerprint density at radius 3 is 2.65 bits per heavy atom. The van der Waals surface area contributed by atoms with E-state index in [0.717, 1.165) is 12.1 Å². The molecular weight excluding hydrogens is 332 g/mol. The van der Waals surface area contributed by atoms with Gasteiger partial charge in [-0.15, -0.1) is 0 Å². The van der Waals surface area contributed by atoms with Gasteiger partial charge in [0.1, 0.15) is 11.6 Å². The minimum atomic E-state index is -0.665. The molecule has 0 saturated heterocycles. The van der Waals surface area contributed by atoms with Crippen LogP contribution in [0, 0.1) is 17.6 Å². The van der Waals surface area contributed by atoms with E-state index in [0.29, 0.717) is 13.0 Å². The van der Waals surface area contributed by atoms with Crippen molar-refractivity contribution in [3.8, 4) is 0 Å². The molecule has 0 fully saturated rings. The maximum absolute atomic E-state index is 13.7. The van der Waals surface area contributed by atoms with Crippen molar-refractivity contribution in [3.05, 3.63) is 33.8 Å². The van der Waals surface area contributed by atoms with Crippen molar-refractivity contribution >= 4 is 21.9 Å². The number of halogens is 3. The highest BCUT2D eigenvalue weighted by molar-refractivity contribution is 9.10. The van der Waals surface area contributed by atoms with E-state index in [2.05, 4.69) is 15.9 Å². The second kappa shape index (κ2) is 7.69. The minimum absolute atomic E-state index is 0.0607. The molecule has 0 spiro atoms. The molecule has 3 nitrogen and oxygen atoms in total. The van der Waals surface area contributed by atoms with Crippen LogP contribution in [-0.4, -0.2) is 12.6 Å². The molecule has 2 atom stereocenters. The summed E-state index contributed by atoms with van der Waals surface area (Å²) in [5.74, 6) is -1.51. The summed E-state index contributed by atoms with van der Waals surface area (Å²) < 4.78 is 32.1. The number of hydrogen-bond acceptors (Lipinski definition) is 3. The van der Waals surface area contributed by atoms with E-state index in [4.69, 9.17) is 10.5 Å². The number of hydrogen-bond donors (Lipinski definition) is 1. The van der Waals surface area contributed by atoms with Gasteiger partial charge in [-0.3, -0.25) is 4.79 Å². The fourth-order valence-electron chi connectivity index (χ4n) is 1.97. The number of carbonyl (C=O) groups excluding carboxylic acids is 1. The summed E-state index contributed by atoms with van der Waals surface area (Å²) in [5, 5.41) is 0. The van der Waals surface area contributed by atoms with Crippen LogP contribution in [0.2, 0.25) is 0 Å². The van der Waals surface area contributed by atoms with Crippen molar-refractivity contribution in [2.75, 3.05) is 6.61 Å². The third-order valence-electron chi connectivity index (χ3n) is 2.92. The van der Waals surface area contributed by atoms with Crippen molar-refractivity contribution in [1.29, 1.82) is 0 Å². The van der Waals surface area contributed by atoms with E-state index < -0.39 is 17.7 Å². The highest BCUT2D eigenvalue weighted by Gasteiger charge is 2.19. The number of rotatable bonds is 6. The lowest BCUT2D eigenvalue weighted by molar-refractivity contribution is -0.144. The molecule has 112 valence electrons. The average molecular weight is 350 g/mol. The van der Waals surface area contributed by atoms with E-state index in [1.165, 1.54) is 0 Å². The summed E-state index contributed by atoms with van der Waals surface area (Å²) in [4.78, 5) is 11.3. The highest BCUT2D eigenvalue weighted by atomic mass is 79.9. The zero-order valence-corrected chi connectivity index (χ0v) is 13.0. The Kier molecular flexibility index (Phi) is 6.55. The third-order valence-corrected chi connectivity index (χ3v) is 3.52. The zero-order chi connectivity index (χ0) is 15.3. The van der Waals surface area contributed by atoms with E-state index >= 15 is 0 Å². The van der Waals surface area contributed by atoms with Crippen LogP contribution in [0.3, 0.4) is 0 Å². The molecule has 0 bridgehead atoms. The lowest BCUT2D eigenvalue weighted by Gasteiger charge is -2.18. The first kappa shape index (κ1) is 17.0. The maximum atomic E-state index is 13.7. The van der Waals surface area contributed by atoms with Crippen LogP contribution in [0.5, 0.6) is 0 Å². The lowest BCUT2D eigenvalue weighted by Crippen LogP contribution is -2.18. The molecule has 1 aromatic rings. The van der Waals surface area contributed by atoms with Crippen molar-refractivity contribution < 1.29 is 18.3 Å². The molecule has 0 aliphatic carbocycles. The largest absolute Gasteiger partial charge is 0.466 e. The lowest BCUT2D eigenvalue weighted by atomic mass is 9.94. The van der Waals surface area contributed by atoms with Gasteiger partial charge in [0.15, 0.2) is 0 Å². The molecule has 6 heteroatoms. The van der Waals surface area contributed by atoms with Crippen LogP contribution in [0.1, 0.15) is 38.3 Å². The second-order valence-electron chi connectivity index (χ2n) is 4.74. The van der Waals surface area contributed by atoms with Gasteiger partial charge in [-0.1, -0.05) is 6.92 Å². The van der Waals surface area contributed by atoms with Gasteiger partial charge in [-0.2, -0.15) is 0 Å². The molecule has 0 heterocycles. The van der Waals surface area contributed by atoms with E-state index in [1.807, 2.05) is 6.92 Å². The molecule has 0 aliphatic heterocycles. The summed E-state index contributed by atoms with van der Waals surface area (Å²) in [5.41, 5.74) is 6.00. The first-order chi connectivity index (χ1) is 9.35. The van der Waals surface area contributed by atoms with Crippen LogP contribution in [0.25, 0.3) is 0 Å². The monoisotopic (exact) mass is 349 g/mol. The predicted octanol–water partition coefficient (Wildman–Crippen LogP) is 3.71. The van der Waals surface area contributed by atoms with Crippen LogP contribution < -0.4 is 5.73 Å². The van der Waals surface area contributed by atoms with Gasteiger partial charge in [0.2, 0.25) is 0 Å². The molecule has 2 N–H and O–H groups in total. The quantitative estimate of drug-likeness (QED) is 0.629. The van der Waals surface area contributed by atoms with Gasteiger partial charge >= 0.3 is 5.97 Å². The smallest absolute Gasteiger partial charge is 0.306 e. The van der Waals surface area contributed by atoms with Gasteiger partial charge in [-0.25, -0.2) is 8.78 Å². The van der Waals surface area contributed by atoms with Crippen LogP contribution in [-0.2, 0) is 9.53 Å². The SMILES string of the molecule is CCOC(=O)CC(C)CC(N)c1cc(F)c(Br)cc1F. The van der Waals surface area contributed by atoms with Gasteiger partial charge in [-0.05, 0) is 47.3 Å². The van der Waals surface area contributed by atoms with Gasteiger partial charge in [0.25, 0.3) is 0 Å². The molecule has 0 saturated carbocycles. The van der Waals surface area contributed by atoms with Crippen molar-refractivity contribution in [2.45, 2.75) is 32.7 Å². The Labute approximate surface area is 125 Å². The number of nitrogens with two attached hydrogens (primary N) is 1. The van der Waals surface area contributed by atoms with E-state index in [-0.39, 0.29) is 28.3 Å². The fraction of sp³-hybridized carbons (Fsp3) is 0.500. The minimum Gasteiger partial charge on any atom is -0.466 e. The number of benzene rings is 1. The number of carbonyl (C=O) groups is 1. The van der Waals surface area contributed by atoms with Crippen LogP contribution >= 0.6 is 15.9 Å². The van der Waals surface area contributed by atoms with Gasteiger partial charge < -0.3 is 10.5 Å². The average Bonchev–Trinajstić information content (AvgIpc) is 2.33. The zero-order valence-electron chi connectivity index (χ0n) is 11.5. The Balaban J connectivity index is 2.69. The van der Waals surface area contributed by atoms with Gasteiger partial charge in [0, 0.05) is 18.0 Å². The van der Waals surface area contributed by atoms with Crippen molar-refractivity contribution in [1.82, 2.24) is 0 Å². The fourth-order valence-corrected chi connectivity index (χ4v) is 2.29. The normalized spacial score (nSPS) is 13.9. The Bertz CT molecular complexity index is 482. The van der Waals surface area contributed by atoms with E-state index in [9.17, 15) is 13.6 Å². The third kappa shape index (κ3) is 4.83. The van der Waals surface area contributed by atoms with Crippen molar-refractivity contribution in [3.63, 3.8) is 0 Å². The predicted molar refractivity (Wildman–Crippen MR) is 76.0 cm³/mol. The highest BCUT2D eigenvalue weighted by Crippen LogP contribution is 2.27. The summed E-state index contributed by atoms with van der Waals surface area (Å²) in [6, 6.07) is 1.48. The molecule has 0 aromatic heterocycles. The summed E-state index contributed by atoms with van der Waals surface area (Å²) in [6.45, 7) is 3.88. The molecule has 1 rings (SSSR count). The molecule has 0 amide bonds. The molecule has 20 heavy (non-hydrogen) atoms. The summed E-state index contributed by atoms with van der Waals surface area (Å²) in [6.07, 6.45) is 0.582. The van der Waals surface area contributed by atoms with Crippen LogP contribution in [0.15, 0.2) is 16.6 Å². The van der Waals surface area contributed by atoms with Crippen LogP contribution in [0.4, 0.5) is 8.78 Å². The molecular formula is C14H18BrF2NO2. The summed E-state index contributed by atoms with van der Waals surface area (Å²) >= 11 is 2.91. The Morgan fingerprint density at radius 2 is 2.05 bits per heavy atom. The molecule has 2 unspecified atom stereocenters. The Hall–Kier alpha value is -1.01. The first-order valence-corrected chi connectivity index (χ1v) is 7.20. The number of ether oxygens (including phenoxy) is 1. The maximum Gasteiger partial charge on any atom is 0.306 e. The first-order valence-electron chi connectivity index (χ1n) is 6.40. The number of esters is 1. The molecule has 1 aromatic carbocycles. The standard InChI is InChI=1S/C14H18BrF2NO2/c1-3-20-14(19)5-8(2)4-13(18)9-6-12(17)10(15)7-11(9)16/h6-8,13H,3-5,18H2,1-2H3. The molecule has 0 aliphatic rings. The van der Waals surface area contributed by atoms with Crippen molar-refractivity contribution in [2.24, 2.45) is 11.7 Å². The Morgan fingerprint density at radius 1 is 1.40 bits per heavy atom. The summed E-state index contributed by atoms with van der Waals surface area (Å²) in [7, 11) is 0. The van der Waals surface area contributed by atoms with Gasteiger partial charge in [0.05, 0.1) is 11.1 Å². The molecule has 0 radical (unpaired) electrons. The second-order valence-corrected chi connectivity index (χ2v) is 5.60.